The molecule has 78 valence electrons. The lowest BCUT2D eigenvalue weighted by Crippen LogP contribution is -2.22. The molecule has 1 rings (SSSR count). The molecule has 1 aromatic rings. The molecular formula is C10H14ClNOS. The van der Waals surface area contributed by atoms with Crippen LogP contribution in [0.25, 0.3) is 0 Å². The first-order chi connectivity index (χ1) is 6.74. The van der Waals surface area contributed by atoms with E-state index in [9.17, 15) is 5.11 Å². The average molecular weight is 232 g/mol. The van der Waals surface area contributed by atoms with Crippen LogP contribution in [0.15, 0.2) is 27.9 Å². The lowest BCUT2D eigenvalue weighted by molar-refractivity contribution is 0.176. The van der Waals surface area contributed by atoms with Gasteiger partial charge in [-0.1, -0.05) is 11.6 Å². The summed E-state index contributed by atoms with van der Waals surface area (Å²) < 4.78 is 0. The molecule has 0 spiro atoms. The highest BCUT2D eigenvalue weighted by Crippen LogP contribution is 2.14. The van der Waals surface area contributed by atoms with Crippen molar-refractivity contribution in [3.63, 3.8) is 0 Å². The minimum Gasteiger partial charge on any atom is -0.387 e. The van der Waals surface area contributed by atoms with Gasteiger partial charge in [0, 0.05) is 18.6 Å². The number of rotatable bonds is 5. The van der Waals surface area contributed by atoms with Crippen molar-refractivity contribution in [2.24, 2.45) is 0 Å². The van der Waals surface area contributed by atoms with Gasteiger partial charge < -0.3 is 10.4 Å². The predicted octanol–water partition coefficient (Wildman–Crippen LogP) is 2.51. The van der Waals surface area contributed by atoms with Crippen LogP contribution in [-0.4, -0.2) is 18.2 Å². The molecule has 4 heteroatoms. The number of nitrogens with one attached hydrogen (secondary N) is 1. The third kappa shape index (κ3) is 3.80. The Balaban J connectivity index is 2.26. The number of aliphatic hydroxyl groups is 1. The van der Waals surface area contributed by atoms with Gasteiger partial charge in [-0.25, -0.2) is 0 Å². The van der Waals surface area contributed by atoms with Crippen LogP contribution in [0.2, 0.25) is 0 Å². The van der Waals surface area contributed by atoms with Crippen molar-refractivity contribution in [2.45, 2.75) is 13.0 Å². The Labute approximate surface area is 93.2 Å². The molecule has 0 bridgehead atoms. The Morgan fingerprint density at radius 3 is 3.14 bits per heavy atom. The number of thiophene rings is 1. The molecular weight excluding hydrogens is 218 g/mol. The van der Waals surface area contributed by atoms with Gasteiger partial charge in [0.2, 0.25) is 0 Å². The highest BCUT2D eigenvalue weighted by atomic mass is 35.5. The van der Waals surface area contributed by atoms with Gasteiger partial charge in [-0.3, -0.25) is 0 Å². The standard InChI is InChI=1S/C10H14ClNOS/c1-8(4-11)5-12-6-10(13)9-2-3-14-7-9/h2-4,7,10,12-13H,5-6H2,1H3/b8-4-. The molecule has 2 N–H and O–H groups in total. The van der Waals surface area contributed by atoms with Crippen LogP contribution >= 0.6 is 22.9 Å². The molecule has 1 atom stereocenters. The quantitative estimate of drug-likeness (QED) is 0.816. The third-order valence-electron chi connectivity index (χ3n) is 1.86. The highest BCUT2D eigenvalue weighted by Gasteiger charge is 2.06. The van der Waals surface area contributed by atoms with Gasteiger partial charge in [0.25, 0.3) is 0 Å². The second-order valence-electron chi connectivity index (χ2n) is 3.16. The van der Waals surface area contributed by atoms with E-state index >= 15 is 0 Å². The SMILES string of the molecule is C/C(=C/Cl)CNCC(O)c1ccsc1. The van der Waals surface area contributed by atoms with Crippen LogP contribution in [0.4, 0.5) is 0 Å². The molecule has 0 fully saturated rings. The van der Waals surface area contributed by atoms with Crippen molar-refractivity contribution in [1.82, 2.24) is 5.32 Å². The Kier molecular flexibility index (Phi) is 5.19. The van der Waals surface area contributed by atoms with Crippen LogP contribution in [0.1, 0.15) is 18.6 Å². The second kappa shape index (κ2) is 6.19. The molecule has 0 aliphatic carbocycles. The van der Waals surface area contributed by atoms with E-state index in [2.05, 4.69) is 5.32 Å². The van der Waals surface area contributed by atoms with Gasteiger partial charge in [0.05, 0.1) is 6.10 Å². The number of hydrogen-bond acceptors (Lipinski definition) is 3. The minimum absolute atomic E-state index is 0.427. The summed E-state index contributed by atoms with van der Waals surface area (Å²) in [5.41, 5.74) is 3.57. The van der Waals surface area contributed by atoms with Gasteiger partial charge in [0.1, 0.15) is 0 Å². The molecule has 0 saturated carbocycles. The molecule has 1 heterocycles. The zero-order chi connectivity index (χ0) is 10.4. The van der Waals surface area contributed by atoms with E-state index in [0.29, 0.717) is 13.1 Å². The van der Waals surface area contributed by atoms with E-state index < -0.39 is 6.10 Å². The maximum atomic E-state index is 9.69. The Morgan fingerprint density at radius 2 is 2.57 bits per heavy atom. The summed E-state index contributed by atoms with van der Waals surface area (Å²) in [5, 5.41) is 16.7. The first kappa shape index (κ1) is 11.7. The summed E-state index contributed by atoms with van der Waals surface area (Å²) in [5.74, 6) is 0. The fourth-order valence-electron chi connectivity index (χ4n) is 1.03. The van der Waals surface area contributed by atoms with Gasteiger partial charge >= 0.3 is 0 Å². The van der Waals surface area contributed by atoms with E-state index in [-0.39, 0.29) is 0 Å². The summed E-state index contributed by atoms with van der Waals surface area (Å²) in [7, 11) is 0. The zero-order valence-corrected chi connectivity index (χ0v) is 9.61. The molecule has 0 radical (unpaired) electrons. The molecule has 0 amide bonds. The van der Waals surface area contributed by atoms with Crippen molar-refractivity contribution in [1.29, 1.82) is 0 Å². The van der Waals surface area contributed by atoms with Crippen molar-refractivity contribution < 1.29 is 5.11 Å². The molecule has 2 nitrogen and oxygen atoms in total. The maximum absolute atomic E-state index is 9.69. The van der Waals surface area contributed by atoms with E-state index in [4.69, 9.17) is 11.6 Å². The molecule has 1 aromatic heterocycles. The first-order valence-corrected chi connectivity index (χ1v) is 5.78. The van der Waals surface area contributed by atoms with Crippen LogP contribution in [-0.2, 0) is 0 Å². The largest absolute Gasteiger partial charge is 0.387 e. The van der Waals surface area contributed by atoms with Crippen LogP contribution in [0.3, 0.4) is 0 Å². The van der Waals surface area contributed by atoms with Gasteiger partial charge in [0.15, 0.2) is 0 Å². The third-order valence-corrected chi connectivity index (χ3v) is 2.93. The number of halogens is 1. The average Bonchev–Trinajstić information content (AvgIpc) is 2.70. The molecule has 0 aliphatic heterocycles. The van der Waals surface area contributed by atoms with Gasteiger partial charge in [-0.2, -0.15) is 11.3 Å². The monoisotopic (exact) mass is 231 g/mol. The van der Waals surface area contributed by atoms with E-state index in [1.165, 1.54) is 0 Å². The normalized spacial score (nSPS) is 14.4. The summed E-state index contributed by atoms with van der Waals surface area (Å²) in [6.45, 7) is 3.21. The van der Waals surface area contributed by atoms with Crippen LogP contribution < -0.4 is 5.32 Å². The Bertz CT molecular complexity index is 284. The van der Waals surface area contributed by atoms with Crippen LogP contribution in [0.5, 0.6) is 0 Å². The van der Waals surface area contributed by atoms with Crippen LogP contribution in [0, 0.1) is 0 Å². The molecule has 0 saturated heterocycles. The van der Waals surface area contributed by atoms with Crippen molar-refractivity contribution in [2.75, 3.05) is 13.1 Å². The summed E-state index contributed by atoms with van der Waals surface area (Å²) in [6.07, 6.45) is -0.427. The first-order valence-electron chi connectivity index (χ1n) is 4.40. The molecule has 0 aliphatic rings. The van der Waals surface area contributed by atoms with Crippen molar-refractivity contribution in [3.8, 4) is 0 Å². The zero-order valence-electron chi connectivity index (χ0n) is 8.03. The Hall–Kier alpha value is -0.350. The topological polar surface area (TPSA) is 32.3 Å². The van der Waals surface area contributed by atoms with E-state index in [1.807, 2.05) is 23.8 Å². The fraction of sp³-hybridized carbons (Fsp3) is 0.400. The highest BCUT2D eigenvalue weighted by molar-refractivity contribution is 7.07. The summed E-state index contributed by atoms with van der Waals surface area (Å²) >= 11 is 7.10. The summed E-state index contributed by atoms with van der Waals surface area (Å²) in [6, 6.07) is 1.93. The van der Waals surface area contributed by atoms with Crippen molar-refractivity contribution >= 4 is 22.9 Å². The van der Waals surface area contributed by atoms with Crippen molar-refractivity contribution in [3.05, 3.63) is 33.5 Å². The molecule has 0 aromatic carbocycles. The smallest absolute Gasteiger partial charge is 0.0922 e. The van der Waals surface area contributed by atoms with E-state index in [1.54, 1.807) is 16.9 Å². The minimum atomic E-state index is -0.427. The maximum Gasteiger partial charge on any atom is 0.0922 e. The second-order valence-corrected chi connectivity index (χ2v) is 4.16. The predicted molar refractivity (Wildman–Crippen MR) is 61.8 cm³/mol. The van der Waals surface area contributed by atoms with E-state index in [0.717, 1.165) is 11.1 Å². The van der Waals surface area contributed by atoms with Gasteiger partial charge in [-0.05, 0) is 34.9 Å². The summed E-state index contributed by atoms with van der Waals surface area (Å²) in [4.78, 5) is 0. The number of hydrogen-bond donors (Lipinski definition) is 2. The van der Waals surface area contributed by atoms with Gasteiger partial charge in [-0.15, -0.1) is 0 Å². The lowest BCUT2D eigenvalue weighted by atomic mass is 10.2. The molecule has 14 heavy (non-hydrogen) atoms. The molecule has 1 unspecified atom stereocenters. The fourth-order valence-corrected chi connectivity index (χ4v) is 1.81. The lowest BCUT2D eigenvalue weighted by Gasteiger charge is -2.10. The number of aliphatic hydroxyl groups excluding tert-OH is 1. The Morgan fingerprint density at radius 1 is 1.79 bits per heavy atom.